The maximum atomic E-state index is 7.83. The van der Waals surface area contributed by atoms with E-state index in [1.807, 2.05) is 0 Å². The van der Waals surface area contributed by atoms with E-state index >= 15 is 0 Å². The molecule has 0 aliphatic carbocycles. The fourth-order valence-electron chi connectivity index (χ4n) is 9.84. The highest BCUT2D eigenvalue weighted by Gasteiger charge is 2.36. The average Bonchev–Trinajstić information content (AvgIpc) is 3.25. The van der Waals surface area contributed by atoms with Gasteiger partial charge in [0.25, 0.3) is 0 Å². The van der Waals surface area contributed by atoms with Gasteiger partial charge in [0.2, 0.25) is 0 Å². The van der Waals surface area contributed by atoms with Crippen molar-refractivity contribution < 1.29 is 13.6 Å². The van der Waals surface area contributed by atoms with E-state index in [4.69, 9.17) is 13.6 Å². The summed E-state index contributed by atoms with van der Waals surface area (Å²) in [7, 11) is -1.87. The lowest BCUT2D eigenvalue weighted by Crippen LogP contribution is -2.22. The van der Waals surface area contributed by atoms with Gasteiger partial charge in [-0.05, 0) is 102 Å². The predicted molar refractivity (Wildman–Crippen MR) is 310 cm³/mol. The van der Waals surface area contributed by atoms with E-state index in [0.29, 0.717) is 0 Å². The normalized spacial score (nSPS) is 15.0. The quantitative estimate of drug-likeness (QED) is 0.0563. The van der Waals surface area contributed by atoms with Gasteiger partial charge in [0.15, 0.2) is 0 Å². The van der Waals surface area contributed by atoms with E-state index in [1.54, 1.807) is 0 Å². The predicted octanol–water partition coefficient (Wildman–Crippen LogP) is 22.4. The van der Waals surface area contributed by atoms with E-state index in [-0.39, 0.29) is 50.8 Å². The summed E-state index contributed by atoms with van der Waals surface area (Å²) in [5.41, 5.74) is 11.9. The Morgan fingerprint density at radius 2 is 0.543 bits per heavy atom. The Balaban J connectivity index is 2.45. The molecule has 398 valence electrons. The lowest BCUT2D eigenvalue weighted by atomic mass is 9.77. The molecule has 0 amide bonds. The number of unbranched alkanes of at least 4 members (excludes halogenated alkanes) is 12. The Bertz CT molecular complexity index is 1740. The van der Waals surface area contributed by atoms with Crippen molar-refractivity contribution in [3.8, 4) is 0 Å². The second-order valence-corrected chi connectivity index (χ2v) is 28.6. The van der Waals surface area contributed by atoms with Gasteiger partial charge in [0, 0.05) is 0 Å². The van der Waals surface area contributed by atoms with Crippen molar-refractivity contribution in [2.75, 3.05) is 0 Å². The highest BCUT2D eigenvalue weighted by molar-refractivity contribution is 7.41. The highest BCUT2D eigenvalue weighted by Crippen LogP contribution is 2.56. The largest absolute Gasteiger partial charge is 0.334 e. The van der Waals surface area contributed by atoms with E-state index in [1.165, 1.54) is 127 Å². The highest BCUT2D eigenvalue weighted by atomic mass is 31.2. The van der Waals surface area contributed by atoms with Crippen molar-refractivity contribution in [3.05, 3.63) is 105 Å². The third-order valence-electron chi connectivity index (χ3n) is 14.6. The fourth-order valence-corrected chi connectivity index (χ4v) is 11.3. The van der Waals surface area contributed by atoms with Crippen LogP contribution in [-0.4, -0.2) is 0 Å². The molecule has 0 heterocycles. The van der Waals surface area contributed by atoms with Gasteiger partial charge in [-0.2, -0.15) is 0 Å². The number of benzene rings is 3. The molecule has 0 saturated heterocycles. The second-order valence-electron chi connectivity index (χ2n) is 27.5. The van der Waals surface area contributed by atoms with Crippen LogP contribution < -0.4 is 0 Å². The van der Waals surface area contributed by atoms with Gasteiger partial charge in [0.1, 0.15) is 0 Å². The van der Waals surface area contributed by atoms with Gasteiger partial charge in [-0.15, -0.1) is 0 Å². The molecule has 0 radical (unpaired) electrons. The minimum Gasteiger partial charge on any atom is -0.304 e. The molecule has 3 rings (SSSR count). The molecular formula is C66H111O3P. The van der Waals surface area contributed by atoms with Crippen LogP contribution in [0.5, 0.6) is 0 Å². The molecule has 3 nitrogen and oxygen atoms in total. The van der Waals surface area contributed by atoms with E-state index in [2.05, 4.69) is 200 Å². The van der Waals surface area contributed by atoms with Crippen LogP contribution in [0, 0.1) is 0 Å². The van der Waals surface area contributed by atoms with E-state index < -0.39 is 8.60 Å². The Hall–Kier alpha value is -2.03. The zero-order chi connectivity index (χ0) is 52.7. The zero-order valence-electron chi connectivity index (χ0n) is 49.8. The Kier molecular flexibility index (Phi) is 24.5. The second kappa shape index (κ2) is 27.5. The van der Waals surface area contributed by atoms with E-state index in [0.717, 1.165) is 38.5 Å². The molecule has 0 aromatic heterocycles. The molecular weight excluding hydrogens is 872 g/mol. The van der Waals surface area contributed by atoms with Crippen molar-refractivity contribution in [1.82, 2.24) is 0 Å². The van der Waals surface area contributed by atoms with Crippen molar-refractivity contribution >= 4 is 8.60 Å². The fraction of sp³-hybridized carbons (Fsp3) is 0.727. The molecule has 0 N–H and O–H groups in total. The molecule has 3 unspecified atom stereocenters. The Labute approximate surface area is 436 Å². The lowest BCUT2D eigenvalue weighted by molar-refractivity contribution is 0.0531. The van der Waals surface area contributed by atoms with Crippen LogP contribution in [0.4, 0.5) is 0 Å². The van der Waals surface area contributed by atoms with Crippen LogP contribution in [-0.2, 0) is 46.1 Å². The molecule has 0 fully saturated rings. The standard InChI is InChI=1S/C66H111O3P/c1-22-25-28-31-34-37-58(52-43-40-49(61(4,5)6)46-55(52)64(13,14)15)67-70(68-59(38-35-32-29-26-23-2)53-44-41-50(62(7,8)9)47-56(53)65(16,17)18)69-60(39-36-33-30-27-24-3)54-45-42-51(63(10,11)12)48-57(54)66(19,20)21/h40-48,58-60H,22-39H2,1-21H3. The minimum absolute atomic E-state index is 0.0309. The van der Waals surface area contributed by atoms with Crippen LogP contribution in [0.3, 0.4) is 0 Å². The lowest BCUT2D eigenvalue weighted by Gasteiger charge is -2.36. The zero-order valence-corrected chi connectivity index (χ0v) is 50.7. The minimum atomic E-state index is -1.87. The maximum Gasteiger partial charge on any atom is 0.334 e. The van der Waals surface area contributed by atoms with Gasteiger partial charge < -0.3 is 13.6 Å². The Morgan fingerprint density at radius 1 is 0.314 bits per heavy atom. The number of rotatable bonds is 27. The smallest absolute Gasteiger partial charge is 0.304 e. The van der Waals surface area contributed by atoms with Crippen molar-refractivity contribution in [2.24, 2.45) is 0 Å². The maximum absolute atomic E-state index is 7.83. The first-order valence-electron chi connectivity index (χ1n) is 28.7. The molecule has 3 aromatic carbocycles. The summed E-state index contributed by atoms with van der Waals surface area (Å²) in [6.45, 7) is 49.3. The molecule has 70 heavy (non-hydrogen) atoms. The van der Waals surface area contributed by atoms with Gasteiger partial charge in [0.05, 0.1) is 18.3 Å². The van der Waals surface area contributed by atoms with Crippen LogP contribution in [0.15, 0.2) is 54.6 Å². The first-order chi connectivity index (χ1) is 32.4. The van der Waals surface area contributed by atoms with Crippen molar-refractivity contribution in [3.63, 3.8) is 0 Å². The molecule has 0 aliphatic rings. The number of hydrogen-bond donors (Lipinski definition) is 0. The molecule has 3 atom stereocenters. The molecule has 0 spiro atoms. The molecule has 0 saturated carbocycles. The average molecular weight is 984 g/mol. The summed E-state index contributed by atoms with van der Waals surface area (Å²) in [6.07, 6.45) is 20.4. The molecule has 0 aliphatic heterocycles. The first kappa shape index (κ1) is 62.3. The summed E-state index contributed by atoms with van der Waals surface area (Å²) in [5.74, 6) is 0. The van der Waals surface area contributed by atoms with Crippen LogP contribution in [0.1, 0.15) is 329 Å². The van der Waals surface area contributed by atoms with Gasteiger partial charge in [-0.1, -0.05) is 296 Å². The molecule has 0 bridgehead atoms. The summed E-state index contributed by atoms with van der Waals surface area (Å²) < 4.78 is 23.5. The molecule has 4 heteroatoms. The summed E-state index contributed by atoms with van der Waals surface area (Å²) >= 11 is 0. The van der Waals surface area contributed by atoms with Crippen molar-refractivity contribution in [1.29, 1.82) is 0 Å². The SMILES string of the molecule is CCCCCCCC(OP(OC(CCCCCCC)c1ccc(C(C)(C)C)cc1C(C)(C)C)OC(CCCCCCC)c1ccc(C(C)(C)C)cc1C(C)(C)C)c1ccc(C(C)(C)C)cc1C(C)(C)C. The van der Waals surface area contributed by atoms with E-state index in [9.17, 15) is 0 Å². The Morgan fingerprint density at radius 3 is 0.743 bits per heavy atom. The summed E-state index contributed by atoms with van der Waals surface area (Å²) in [4.78, 5) is 0. The van der Waals surface area contributed by atoms with Crippen LogP contribution >= 0.6 is 8.60 Å². The van der Waals surface area contributed by atoms with Crippen molar-refractivity contribution in [2.45, 2.75) is 312 Å². The summed E-state index contributed by atoms with van der Waals surface area (Å²) in [6, 6.07) is 21.8. The number of hydrogen-bond acceptors (Lipinski definition) is 3. The van der Waals surface area contributed by atoms with Crippen LogP contribution in [0.2, 0.25) is 0 Å². The third kappa shape index (κ3) is 20.0. The van der Waals surface area contributed by atoms with Gasteiger partial charge in [-0.3, -0.25) is 0 Å². The van der Waals surface area contributed by atoms with Gasteiger partial charge >= 0.3 is 8.60 Å². The van der Waals surface area contributed by atoms with Crippen LogP contribution in [0.25, 0.3) is 0 Å². The molecule has 3 aromatic rings. The monoisotopic (exact) mass is 983 g/mol. The van der Waals surface area contributed by atoms with Gasteiger partial charge in [-0.25, -0.2) is 0 Å². The summed E-state index contributed by atoms with van der Waals surface area (Å²) in [5, 5.41) is 0. The third-order valence-corrected chi connectivity index (χ3v) is 15.9. The first-order valence-corrected chi connectivity index (χ1v) is 29.8. The topological polar surface area (TPSA) is 27.7 Å².